The maximum absolute atomic E-state index is 11.7. The van der Waals surface area contributed by atoms with E-state index >= 15 is 0 Å². The first-order valence-electron chi connectivity index (χ1n) is 4.38. The van der Waals surface area contributed by atoms with Crippen LogP contribution in [0.2, 0.25) is 0 Å². The van der Waals surface area contributed by atoms with E-state index in [1.54, 1.807) is 7.05 Å². The summed E-state index contributed by atoms with van der Waals surface area (Å²) in [5.74, 6) is -1.57. The van der Waals surface area contributed by atoms with Crippen LogP contribution in [0, 0.1) is 0 Å². The van der Waals surface area contributed by atoms with Gasteiger partial charge in [0.1, 0.15) is 11.1 Å². The summed E-state index contributed by atoms with van der Waals surface area (Å²) in [6.07, 6.45) is 2.58. The molecule has 1 heterocycles. The number of aromatic nitrogens is 1. The molecule has 0 radical (unpaired) electrons. The van der Waals surface area contributed by atoms with E-state index in [2.05, 4.69) is 9.47 Å². The molecule has 0 aromatic carbocycles. The second-order valence-electron chi connectivity index (χ2n) is 3.06. The zero-order chi connectivity index (χ0) is 12.3. The van der Waals surface area contributed by atoms with E-state index in [9.17, 15) is 14.4 Å². The van der Waals surface area contributed by atoms with Gasteiger partial charge in [-0.05, 0) is 0 Å². The summed E-state index contributed by atoms with van der Waals surface area (Å²) < 4.78 is 10.3. The van der Waals surface area contributed by atoms with Crippen LogP contribution in [0.1, 0.15) is 20.7 Å². The zero-order valence-corrected chi connectivity index (χ0v) is 9.14. The highest BCUT2D eigenvalue weighted by atomic mass is 16.5. The van der Waals surface area contributed by atoms with Gasteiger partial charge in [0.05, 0.1) is 14.2 Å². The van der Waals surface area contributed by atoms with Crippen LogP contribution >= 0.6 is 0 Å². The third-order valence-electron chi connectivity index (χ3n) is 1.97. The first-order chi connectivity index (χ1) is 7.51. The molecule has 0 fully saturated rings. The molecule has 86 valence electrons. The number of hydrogen-bond donors (Lipinski definition) is 0. The van der Waals surface area contributed by atoms with E-state index in [1.165, 1.54) is 17.0 Å². The quantitative estimate of drug-likeness (QED) is 0.660. The number of hydrogen-bond acceptors (Lipinski definition) is 5. The fourth-order valence-electron chi connectivity index (χ4n) is 1.22. The average Bonchev–Trinajstić information content (AvgIpc) is 2.29. The highest BCUT2D eigenvalue weighted by molar-refractivity contribution is 5.94. The largest absolute Gasteiger partial charge is 0.465 e. The Bertz CT molecular complexity index is 448. The van der Waals surface area contributed by atoms with Crippen molar-refractivity contribution in [2.75, 3.05) is 14.2 Å². The van der Waals surface area contributed by atoms with Crippen molar-refractivity contribution in [3.63, 3.8) is 0 Å². The number of rotatable bonds is 2. The lowest BCUT2D eigenvalue weighted by atomic mass is 10.2. The Morgan fingerprint density at radius 3 is 1.75 bits per heavy atom. The number of pyridine rings is 1. The normalized spacial score (nSPS) is 9.69. The highest BCUT2D eigenvalue weighted by Crippen LogP contribution is 2.00. The third kappa shape index (κ3) is 2.10. The van der Waals surface area contributed by atoms with Gasteiger partial charge in [-0.15, -0.1) is 0 Å². The number of esters is 2. The van der Waals surface area contributed by atoms with Crippen LogP contribution in [0.5, 0.6) is 0 Å². The predicted octanol–water partition coefficient (Wildman–Crippen LogP) is -0.0415. The summed E-state index contributed by atoms with van der Waals surface area (Å²) in [6, 6.07) is 0. The second-order valence-corrected chi connectivity index (χ2v) is 3.06. The van der Waals surface area contributed by atoms with Gasteiger partial charge in [0.2, 0.25) is 5.43 Å². The van der Waals surface area contributed by atoms with Crippen molar-refractivity contribution >= 4 is 11.9 Å². The van der Waals surface area contributed by atoms with Gasteiger partial charge in [-0.2, -0.15) is 0 Å². The average molecular weight is 225 g/mol. The van der Waals surface area contributed by atoms with E-state index in [0.717, 1.165) is 14.2 Å². The van der Waals surface area contributed by atoms with Gasteiger partial charge < -0.3 is 14.0 Å². The van der Waals surface area contributed by atoms with Crippen LogP contribution in [0.3, 0.4) is 0 Å². The summed E-state index contributed by atoms with van der Waals surface area (Å²) in [6.45, 7) is 0. The Hall–Kier alpha value is -2.11. The molecule has 1 aromatic heterocycles. The Morgan fingerprint density at radius 1 is 1.06 bits per heavy atom. The number of ether oxygens (including phenoxy) is 2. The van der Waals surface area contributed by atoms with Crippen molar-refractivity contribution in [3.05, 3.63) is 33.7 Å². The molecule has 0 unspecified atom stereocenters. The molecule has 1 aromatic rings. The van der Waals surface area contributed by atoms with Crippen LogP contribution in [0.15, 0.2) is 17.2 Å². The summed E-state index contributed by atoms with van der Waals surface area (Å²) in [5.41, 5.74) is -1.10. The lowest BCUT2D eigenvalue weighted by molar-refractivity contribution is 0.0594. The third-order valence-corrected chi connectivity index (χ3v) is 1.97. The molecule has 0 atom stereocenters. The van der Waals surface area contributed by atoms with Crippen molar-refractivity contribution in [3.8, 4) is 0 Å². The molecule has 0 aliphatic rings. The molecule has 0 aliphatic carbocycles. The number of nitrogens with zero attached hydrogens (tertiary/aromatic N) is 1. The molecule has 0 aliphatic heterocycles. The second kappa shape index (κ2) is 4.61. The maximum Gasteiger partial charge on any atom is 0.343 e. The Kier molecular flexibility index (Phi) is 3.44. The molecule has 0 spiro atoms. The van der Waals surface area contributed by atoms with E-state index in [1.807, 2.05) is 0 Å². The molecule has 0 amide bonds. The number of aryl methyl sites for hydroxylation is 1. The molecular weight excluding hydrogens is 214 g/mol. The number of carbonyl (C=O) groups excluding carboxylic acids is 2. The minimum absolute atomic E-state index is 0.201. The molecule has 6 heteroatoms. The lowest BCUT2D eigenvalue weighted by Gasteiger charge is -2.05. The zero-order valence-electron chi connectivity index (χ0n) is 9.14. The van der Waals surface area contributed by atoms with Gasteiger partial charge in [-0.25, -0.2) is 9.59 Å². The molecule has 0 saturated heterocycles. The first kappa shape index (κ1) is 12.0. The van der Waals surface area contributed by atoms with E-state index < -0.39 is 17.4 Å². The Labute approximate surface area is 91.4 Å². The van der Waals surface area contributed by atoms with Crippen molar-refractivity contribution in [2.45, 2.75) is 0 Å². The fourth-order valence-corrected chi connectivity index (χ4v) is 1.22. The minimum atomic E-state index is -0.786. The van der Waals surface area contributed by atoms with Crippen molar-refractivity contribution in [1.82, 2.24) is 4.57 Å². The molecule has 0 N–H and O–H groups in total. The van der Waals surface area contributed by atoms with E-state index in [4.69, 9.17) is 0 Å². The van der Waals surface area contributed by atoms with Crippen LogP contribution in [0.25, 0.3) is 0 Å². The summed E-state index contributed by atoms with van der Waals surface area (Å²) in [4.78, 5) is 34.2. The molecule has 0 saturated carbocycles. The van der Waals surface area contributed by atoms with Gasteiger partial charge in [0.25, 0.3) is 0 Å². The van der Waals surface area contributed by atoms with E-state index in [-0.39, 0.29) is 11.1 Å². The Morgan fingerprint density at radius 2 is 1.44 bits per heavy atom. The van der Waals surface area contributed by atoms with Crippen molar-refractivity contribution in [1.29, 1.82) is 0 Å². The monoisotopic (exact) mass is 225 g/mol. The van der Waals surface area contributed by atoms with Gasteiger partial charge in [-0.1, -0.05) is 0 Å². The first-order valence-corrected chi connectivity index (χ1v) is 4.38. The van der Waals surface area contributed by atoms with Crippen LogP contribution in [0.4, 0.5) is 0 Å². The van der Waals surface area contributed by atoms with Gasteiger partial charge in [0.15, 0.2) is 0 Å². The topological polar surface area (TPSA) is 74.6 Å². The number of methoxy groups -OCH3 is 2. The maximum atomic E-state index is 11.7. The molecular formula is C10H11NO5. The predicted molar refractivity (Wildman–Crippen MR) is 54.4 cm³/mol. The van der Waals surface area contributed by atoms with Crippen molar-refractivity contribution < 1.29 is 19.1 Å². The molecule has 0 bridgehead atoms. The lowest BCUT2D eigenvalue weighted by Crippen LogP contribution is -2.25. The molecule has 6 nitrogen and oxygen atoms in total. The van der Waals surface area contributed by atoms with Gasteiger partial charge >= 0.3 is 11.9 Å². The standard InChI is InChI=1S/C10H11NO5/c1-11-4-6(9(13)15-2)8(12)7(5-11)10(14)16-3/h4-5H,1-3H3. The smallest absolute Gasteiger partial charge is 0.343 e. The summed E-state index contributed by atoms with van der Waals surface area (Å²) in [5, 5.41) is 0. The Balaban J connectivity index is 3.44. The number of carbonyl (C=O) groups is 2. The van der Waals surface area contributed by atoms with Crippen LogP contribution in [-0.2, 0) is 16.5 Å². The SMILES string of the molecule is COC(=O)c1cn(C)cc(C(=O)OC)c1=O. The van der Waals surface area contributed by atoms with Crippen molar-refractivity contribution in [2.24, 2.45) is 7.05 Å². The fraction of sp³-hybridized carbons (Fsp3) is 0.300. The highest BCUT2D eigenvalue weighted by Gasteiger charge is 2.19. The van der Waals surface area contributed by atoms with Crippen LogP contribution in [-0.4, -0.2) is 30.7 Å². The van der Waals surface area contributed by atoms with Crippen LogP contribution < -0.4 is 5.43 Å². The van der Waals surface area contributed by atoms with Gasteiger partial charge in [-0.3, -0.25) is 4.79 Å². The summed E-state index contributed by atoms with van der Waals surface area (Å²) in [7, 11) is 3.90. The molecule has 1 rings (SSSR count). The summed E-state index contributed by atoms with van der Waals surface area (Å²) >= 11 is 0. The van der Waals surface area contributed by atoms with Gasteiger partial charge in [0, 0.05) is 19.4 Å². The van der Waals surface area contributed by atoms with E-state index in [0.29, 0.717) is 0 Å². The minimum Gasteiger partial charge on any atom is -0.465 e. The molecule has 16 heavy (non-hydrogen) atoms.